The summed E-state index contributed by atoms with van der Waals surface area (Å²) < 4.78 is 27.2. The number of hydrogen-bond donors (Lipinski definition) is 4. The molecule has 0 saturated carbocycles. The zero-order chi connectivity index (χ0) is 26.5. The number of aromatic nitrogens is 3. The van der Waals surface area contributed by atoms with Crippen LogP contribution < -0.4 is 20.3 Å². The summed E-state index contributed by atoms with van der Waals surface area (Å²) in [5.74, 6) is 0.348. The maximum Gasteiger partial charge on any atom is 0.246 e. The number of likely N-dealkylation sites (tertiary alicyclic amines) is 1. The van der Waals surface area contributed by atoms with E-state index in [9.17, 15) is 4.79 Å². The van der Waals surface area contributed by atoms with Crippen LogP contribution in [-0.2, 0) is 4.79 Å². The predicted octanol–water partition coefficient (Wildman–Crippen LogP) is 4.44. The molecule has 1 aliphatic heterocycles. The number of carbonyl (C=O) groups excluding carboxylic acids is 1. The van der Waals surface area contributed by atoms with Gasteiger partial charge >= 0.3 is 0 Å². The Morgan fingerprint density at radius 2 is 1.89 bits per heavy atom. The van der Waals surface area contributed by atoms with E-state index in [-0.39, 0.29) is 24.5 Å². The Labute approximate surface area is 219 Å². The second-order valence-electron chi connectivity index (χ2n) is 9.39. The van der Waals surface area contributed by atoms with E-state index in [4.69, 9.17) is 14.7 Å². The van der Waals surface area contributed by atoms with Gasteiger partial charge < -0.3 is 24.7 Å². The molecule has 0 unspecified atom stereocenters. The number of benzene rings is 2. The first-order valence-electron chi connectivity index (χ1n) is 12.8. The molecule has 10 nitrogen and oxygen atoms in total. The number of aryl methyl sites for hydroxylation is 1. The van der Waals surface area contributed by atoms with Crippen LogP contribution in [0.2, 0.25) is 0 Å². The molecular formula is C27H31FN6O4. The van der Waals surface area contributed by atoms with E-state index in [0.29, 0.717) is 45.7 Å². The first kappa shape index (κ1) is 25.7. The van der Waals surface area contributed by atoms with Gasteiger partial charge in [0, 0.05) is 34.6 Å². The molecule has 1 amide bonds. The summed E-state index contributed by atoms with van der Waals surface area (Å²) >= 11 is 0. The van der Waals surface area contributed by atoms with Crippen LogP contribution in [0.15, 0.2) is 36.7 Å². The molecule has 38 heavy (non-hydrogen) atoms. The van der Waals surface area contributed by atoms with Gasteiger partial charge in [-0.3, -0.25) is 10.0 Å². The smallest absolute Gasteiger partial charge is 0.246 e. The van der Waals surface area contributed by atoms with Crippen LogP contribution in [0.5, 0.6) is 11.5 Å². The molecule has 2 aromatic carbocycles. The SMILES string of the molecule is Cc1cc2c(F)c(Nc3ncnc4cc(OCCCN5CCCC5)c(OCCC(=O)NO)cc34)ccc2[nH]1. The van der Waals surface area contributed by atoms with Gasteiger partial charge in [0.15, 0.2) is 17.3 Å². The summed E-state index contributed by atoms with van der Waals surface area (Å²) in [6.07, 6.45) is 4.71. The van der Waals surface area contributed by atoms with Gasteiger partial charge in [0.25, 0.3) is 0 Å². The molecule has 200 valence electrons. The minimum Gasteiger partial charge on any atom is -0.490 e. The van der Waals surface area contributed by atoms with Crippen molar-refractivity contribution in [3.63, 3.8) is 0 Å². The van der Waals surface area contributed by atoms with Crippen molar-refractivity contribution in [3.8, 4) is 11.5 Å². The molecule has 0 atom stereocenters. The largest absolute Gasteiger partial charge is 0.490 e. The van der Waals surface area contributed by atoms with Crippen LogP contribution in [0.3, 0.4) is 0 Å². The molecule has 4 aromatic rings. The number of carbonyl (C=O) groups is 1. The van der Waals surface area contributed by atoms with Crippen molar-refractivity contribution < 1.29 is 23.9 Å². The Morgan fingerprint density at radius 1 is 1.11 bits per heavy atom. The number of fused-ring (bicyclic) bond motifs is 2. The first-order valence-corrected chi connectivity index (χ1v) is 12.8. The third-order valence-corrected chi connectivity index (χ3v) is 6.61. The quantitative estimate of drug-likeness (QED) is 0.129. The fraction of sp³-hybridized carbons (Fsp3) is 0.370. The monoisotopic (exact) mass is 522 g/mol. The zero-order valence-electron chi connectivity index (χ0n) is 21.2. The maximum atomic E-state index is 15.2. The fourth-order valence-corrected chi connectivity index (χ4v) is 4.71. The van der Waals surface area contributed by atoms with E-state index in [0.717, 1.165) is 31.7 Å². The van der Waals surface area contributed by atoms with Crippen molar-refractivity contribution in [2.75, 3.05) is 38.2 Å². The normalized spacial score (nSPS) is 13.8. The van der Waals surface area contributed by atoms with Crippen LogP contribution in [0, 0.1) is 12.7 Å². The molecule has 0 spiro atoms. The molecule has 0 radical (unpaired) electrons. The molecular weight excluding hydrogens is 491 g/mol. The number of hydroxylamine groups is 1. The van der Waals surface area contributed by atoms with Crippen molar-refractivity contribution in [1.29, 1.82) is 0 Å². The summed E-state index contributed by atoms with van der Waals surface area (Å²) in [7, 11) is 0. The minimum atomic E-state index is -0.560. The summed E-state index contributed by atoms with van der Waals surface area (Å²) in [6, 6.07) is 8.71. The van der Waals surface area contributed by atoms with Gasteiger partial charge in [0.2, 0.25) is 5.91 Å². The predicted molar refractivity (Wildman–Crippen MR) is 142 cm³/mol. The van der Waals surface area contributed by atoms with Crippen LogP contribution in [0.4, 0.5) is 15.9 Å². The van der Waals surface area contributed by atoms with Gasteiger partial charge in [0.05, 0.1) is 30.8 Å². The van der Waals surface area contributed by atoms with E-state index in [1.165, 1.54) is 19.2 Å². The van der Waals surface area contributed by atoms with E-state index in [1.54, 1.807) is 29.7 Å². The van der Waals surface area contributed by atoms with Gasteiger partial charge in [-0.2, -0.15) is 0 Å². The second kappa shape index (κ2) is 11.6. The minimum absolute atomic E-state index is 0.0244. The standard InChI is InChI=1S/C27H31FN6O4/c1-17-13-18-20(31-17)5-6-21(26(18)28)32-27-19-14-23(38-12-7-25(35)33-36)24(15-22(19)29-16-30-27)37-11-4-10-34-8-2-3-9-34/h5-6,13-16,31,36H,2-4,7-12H2,1H3,(H,33,35)(H,29,30,32). The first-order chi connectivity index (χ1) is 18.5. The number of halogens is 1. The maximum absolute atomic E-state index is 15.2. The summed E-state index contributed by atoms with van der Waals surface area (Å²) in [6.45, 7) is 5.61. The van der Waals surface area contributed by atoms with Gasteiger partial charge in [0.1, 0.15) is 12.1 Å². The lowest BCUT2D eigenvalue weighted by molar-refractivity contribution is -0.129. The molecule has 0 aliphatic carbocycles. The van der Waals surface area contributed by atoms with E-state index in [1.807, 2.05) is 13.0 Å². The molecule has 11 heteroatoms. The fourth-order valence-electron chi connectivity index (χ4n) is 4.71. The zero-order valence-corrected chi connectivity index (χ0v) is 21.2. The molecule has 1 saturated heterocycles. The lowest BCUT2D eigenvalue weighted by Gasteiger charge is -2.17. The highest BCUT2D eigenvalue weighted by Crippen LogP contribution is 2.36. The number of ether oxygens (including phenoxy) is 2. The Hall–Kier alpha value is -3.96. The molecule has 5 rings (SSSR count). The second-order valence-corrected chi connectivity index (χ2v) is 9.39. The van der Waals surface area contributed by atoms with Crippen LogP contribution >= 0.6 is 0 Å². The van der Waals surface area contributed by atoms with Crippen LogP contribution in [-0.4, -0.2) is 63.8 Å². The number of anilines is 2. The van der Waals surface area contributed by atoms with Gasteiger partial charge in [-0.05, 0) is 63.5 Å². The van der Waals surface area contributed by atoms with E-state index in [2.05, 4.69) is 25.2 Å². The number of amides is 1. The lowest BCUT2D eigenvalue weighted by atomic mass is 10.2. The van der Waals surface area contributed by atoms with Crippen molar-refractivity contribution >= 4 is 39.2 Å². The van der Waals surface area contributed by atoms with Gasteiger partial charge in [-0.15, -0.1) is 0 Å². The Bertz CT molecular complexity index is 1440. The third kappa shape index (κ3) is 5.79. The highest BCUT2D eigenvalue weighted by molar-refractivity contribution is 5.94. The summed E-state index contributed by atoms with van der Waals surface area (Å²) in [5, 5.41) is 13.0. The Balaban J connectivity index is 1.40. The molecule has 1 fully saturated rings. The number of nitrogens with one attached hydrogen (secondary N) is 3. The van der Waals surface area contributed by atoms with Crippen LogP contribution in [0.1, 0.15) is 31.4 Å². The van der Waals surface area contributed by atoms with Crippen molar-refractivity contribution in [1.82, 2.24) is 25.3 Å². The number of H-pyrrole nitrogens is 1. The van der Waals surface area contributed by atoms with E-state index >= 15 is 4.39 Å². The van der Waals surface area contributed by atoms with Gasteiger partial charge in [-0.1, -0.05) is 0 Å². The number of aromatic amines is 1. The van der Waals surface area contributed by atoms with E-state index < -0.39 is 5.91 Å². The lowest BCUT2D eigenvalue weighted by Crippen LogP contribution is -2.22. The summed E-state index contributed by atoms with van der Waals surface area (Å²) in [4.78, 5) is 25.8. The molecule has 0 bridgehead atoms. The molecule has 4 N–H and O–H groups in total. The average Bonchev–Trinajstić information content (AvgIpc) is 3.58. The molecule has 2 aromatic heterocycles. The number of hydrogen-bond acceptors (Lipinski definition) is 8. The average molecular weight is 523 g/mol. The van der Waals surface area contributed by atoms with Crippen molar-refractivity contribution in [3.05, 3.63) is 48.2 Å². The van der Waals surface area contributed by atoms with Crippen LogP contribution in [0.25, 0.3) is 21.8 Å². The van der Waals surface area contributed by atoms with Crippen molar-refractivity contribution in [2.45, 2.75) is 32.6 Å². The highest BCUT2D eigenvalue weighted by Gasteiger charge is 2.16. The topological polar surface area (TPSA) is 125 Å². The highest BCUT2D eigenvalue weighted by atomic mass is 19.1. The Morgan fingerprint density at radius 3 is 2.71 bits per heavy atom. The third-order valence-electron chi connectivity index (χ3n) is 6.61. The Kier molecular flexibility index (Phi) is 7.85. The molecule has 3 heterocycles. The molecule has 1 aliphatic rings. The number of nitrogens with zero attached hydrogens (tertiary/aromatic N) is 3. The summed E-state index contributed by atoms with van der Waals surface area (Å²) in [5.41, 5.74) is 4.05. The number of rotatable bonds is 11. The van der Waals surface area contributed by atoms with Crippen molar-refractivity contribution in [2.24, 2.45) is 0 Å². The van der Waals surface area contributed by atoms with Gasteiger partial charge in [-0.25, -0.2) is 19.8 Å².